The van der Waals surface area contributed by atoms with Crippen LogP contribution in [0.2, 0.25) is 0 Å². The van der Waals surface area contributed by atoms with Crippen molar-refractivity contribution >= 4 is 16.8 Å². The third-order valence-corrected chi connectivity index (χ3v) is 5.68. The monoisotopic (exact) mass is 445 g/mol. The number of aromatic nitrogens is 2. The lowest BCUT2D eigenvalue weighted by atomic mass is 10.1. The Morgan fingerprint density at radius 3 is 2.42 bits per heavy atom. The summed E-state index contributed by atoms with van der Waals surface area (Å²) in [4.78, 5) is 23.0. The number of nitrogens with one attached hydrogen (secondary N) is 1. The van der Waals surface area contributed by atoms with Crippen LogP contribution in [0.3, 0.4) is 0 Å². The highest BCUT2D eigenvalue weighted by Gasteiger charge is 2.23. The predicted molar refractivity (Wildman–Crippen MR) is 127 cm³/mol. The molecule has 0 aliphatic heterocycles. The van der Waals surface area contributed by atoms with Crippen LogP contribution in [-0.4, -0.2) is 42.1 Å². The number of fused-ring (bicyclic) bond motifs is 1. The number of aromatic amines is 1. The number of pyridine rings is 1. The highest BCUT2D eigenvalue weighted by Crippen LogP contribution is 2.41. The molecule has 7 nitrogen and oxygen atoms in total. The van der Waals surface area contributed by atoms with E-state index in [0.29, 0.717) is 41.5 Å². The molecular formula is C26H27N3O4. The number of ether oxygens (including phenoxy) is 3. The highest BCUT2D eigenvalue weighted by atomic mass is 16.5. The molecule has 0 fully saturated rings. The van der Waals surface area contributed by atoms with Crippen molar-refractivity contribution < 1.29 is 19.0 Å². The molecule has 0 unspecified atom stereocenters. The number of nitrogens with zero attached hydrogens (tertiary/aromatic N) is 2. The number of H-pyrrole nitrogens is 1. The molecule has 0 atom stereocenters. The second-order valence-electron chi connectivity index (χ2n) is 7.73. The van der Waals surface area contributed by atoms with Crippen molar-refractivity contribution in [1.82, 2.24) is 14.9 Å². The smallest absolute Gasteiger partial charge is 0.270 e. The first kappa shape index (κ1) is 22.2. The van der Waals surface area contributed by atoms with Crippen LogP contribution in [0.1, 0.15) is 27.2 Å². The normalized spacial score (nSPS) is 10.8. The van der Waals surface area contributed by atoms with Gasteiger partial charge in [-0.05, 0) is 35.7 Å². The summed E-state index contributed by atoms with van der Waals surface area (Å²) in [5.41, 5.74) is 4.25. The molecule has 0 saturated heterocycles. The van der Waals surface area contributed by atoms with E-state index in [9.17, 15) is 4.79 Å². The van der Waals surface area contributed by atoms with Gasteiger partial charge in [0.2, 0.25) is 0 Å². The van der Waals surface area contributed by atoms with Crippen molar-refractivity contribution in [3.63, 3.8) is 0 Å². The van der Waals surface area contributed by atoms with Crippen molar-refractivity contribution in [3.8, 4) is 17.2 Å². The topological polar surface area (TPSA) is 76.7 Å². The van der Waals surface area contributed by atoms with Crippen LogP contribution in [0.5, 0.6) is 17.2 Å². The number of rotatable bonds is 8. The minimum atomic E-state index is -0.138. The van der Waals surface area contributed by atoms with Crippen molar-refractivity contribution in [2.45, 2.75) is 20.0 Å². The molecule has 0 aliphatic carbocycles. The Labute approximate surface area is 192 Å². The van der Waals surface area contributed by atoms with Gasteiger partial charge in [0.25, 0.3) is 5.91 Å². The standard InChI is InChI=1S/C26H27N3O4/c1-17-8-5-6-10-19(17)16-29(15-18-9-7-11-27-14-18)26(30)21-12-20-22(31-2)13-23(32-3)25(33-4)24(20)28-21/h5-14,28H,15-16H2,1-4H3. The number of aryl methyl sites for hydroxylation is 1. The lowest BCUT2D eigenvalue weighted by Crippen LogP contribution is -2.30. The lowest BCUT2D eigenvalue weighted by Gasteiger charge is -2.23. The van der Waals surface area contributed by atoms with Gasteiger partial charge in [-0.1, -0.05) is 30.3 Å². The third-order valence-electron chi connectivity index (χ3n) is 5.68. The van der Waals surface area contributed by atoms with Gasteiger partial charge in [-0.15, -0.1) is 0 Å². The quantitative estimate of drug-likeness (QED) is 0.424. The van der Waals surface area contributed by atoms with E-state index in [2.05, 4.69) is 9.97 Å². The molecule has 2 heterocycles. The van der Waals surface area contributed by atoms with Gasteiger partial charge in [-0.3, -0.25) is 9.78 Å². The van der Waals surface area contributed by atoms with E-state index in [0.717, 1.165) is 22.1 Å². The summed E-state index contributed by atoms with van der Waals surface area (Å²) in [5, 5.41) is 0.746. The molecule has 170 valence electrons. The van der Waals surface area contributed by atoms with Crippen LogP contribution in [-0.2, 0) is 13.1 Å². The SMILES string of the molecule is COc1cc(OC)c2cc(C(=O)N(Cc3cccnc3)Cc3ccccc3C)[nH]c2c1OC. The molecule has 1 amide bonds. The van der Waals surface area contributed by atoms with Crippen LogP contribution in [0.15, 0.2) is 60.9 Å². The average molecular weight is 446 g/mol. The van der Waals surface area contributed by atoms with Gasteiger partial charge in [0.05, 0.1) is 26.8 Å². The third kappa shape index (κ3) is 4.48. The molecule has 4 rings (SSSR count). The molecule has 0 saturated carbocycles. The molecule has 33 heavy (non-hydrogen) atoms. The number of hydrogen-bond acceptors (Lipinski definition) is 5. The number of methoxy groups -OCH3 is 3. The van der Waals surface area contributed by atoms with E-state index in [1.54, 1.807) is 50.8 Å². The van der Waals surface area contributed by atoms with E-state index in [4.69, 9.17) is 14.2 Å². The molecule has 4 aromatic rings. The molecular weight excluding hydrogens is 418 g/mol. The van der Waals surface area contributed by atoms with Gasteiger partial charge in [-0.25, -0.2) is 0 Å². The highest BCUT2D eigenvalue weighted by molar-refractivity contribution is 6.02. The maximum Gasteiger partial charge on any atom is 0.270 e. The van der Waals surface area contributed by atoms with Crippen LogP contribution in [0.4, 0.5) is 0 Å². The van der Waals surface area contributed by atoms with Crippen molar-refractivity contribution in [3.05, 3.63) is 83.3 Å². The Morgan fingerprint density at radius 1 is 0.970 bits per heavy atom. The summed E-state index contributed by atoms with van der Waals surface area (Å²) in [6.45, 7) is 2.94. The molecule has 2 aromatic carbocycles. The lowest BCUT2D eigenvalue weighted by molar-refractivity contribution is 0.0724. The van der Waals surface area contributed by atoms with Crippen molar-refractivity contribution in [1.29, 1.82) is 0 Å². The fourth-order valence-electron chi connectivity index (χ4n) is 3.93. The zero-order chi connectivity index (χ0) is 23.4. The van der Waals surface area contributed by atoms with Gasteiger partial charge in [0.15, 0.2) is 11.5 Å². The Balaban J connectivity index is 1.77. The molecule has 0 spiro atoms. The molecule has 0 radical (unpaired) electrons. The summed E-state index contributed by atoms with van der Waals surface area (Å²) >= 11 is 0. The number of benzene rings is 2. The number of hydrogen-bond donors (Lipinski definition) is 1. The molecule has 1 N–H and O–H groups in total. The number of amides is 1. The fourth-order valence-corrected chi connectivity index (χ4v) is 3.93. The first-order chi connectivity index (χ1) is 16.0. The maximum atomic E-state index is 13.7. The fraction of sp³-hybridized carbons (Fsp3) is 0.231. The minimum absolute atomic E-state index is 0.138. The van der Waals surface area contributed by atoms with Crippen LogP contribution in [0.25, 0.3) is 10.9 Å². The second kappa shape index (κ2) is 9.65. The van der Waals surface area contributed by atoms with Gasteiger partial charge >= 0.3 is 0 Å². The summed E-state index contributed by atoms with van der Waals surface area (Å²) in [6.07, 6.45) is 3.50. The second-order valence-corrected chi connectivity index (χ2v) is 7.73. The molecule has 0 bridgehead atoms. The Kier molecular flexibility index (Phi) is 6.49. The molecule has 7 heteroatoms. The maximum absolute atomic E-state index is 13.7. The zero-order valence-corrected chi connectivity index (χ0v) is 19.2. The van der Waals surface area contributed by atoms with Gasteiger partial charge in [0.1, 0.15) is 11.4 Å². The zero-order valence-electron chi connectivity index (χ0n) is 19.2. The first-order valence-electron chi connectivity index (χ1n) is 10.6. The first-order valence-corrected chi connectivity index (χ1v) is 10.6. The summed E-state index contributed by atoms with van der Waals surface area (Å²) in [5.74, 6) is 1.50. The van der Waals surface area contributed by atoms with E-state index >= 15 is 0 Å². The number of carbonyl (C=O) groups excluding carboxylic acids is 1. The Hall–Kier alpha value is -4.00. The van der Waals surface area contributed by atoms with E-state index < -0.39 is 0 Å². The largest absolute Gasteiger partial charge is 0.496 e. The Bertz CT molecular complexity index is 1270. The summed E-state index contributed by atoms with van der Waals surface area (Å²) in [6, 6.07) is 15.5. The summed E-state index contributed by atoms with van der Waals surface area (Å²) in [7, 11) is 4.72. The van der Waals surface area contributed by atoms with E-state index in [1.165, 1.54) is 0 Å². The van der Waals surface area contributed by atoms with Crippen molar-refractivity contribution in [2.75, 3.05) is 21.3 Å². The van der Waals surface area contributed by atoms with Gasteiger partial charge in [-0.2, -0.15) is 0 Å². The van der Waals surface area contributed by atoms with Crippen LogP contribution >= 0.6 is 0 Å². The molecule has 2 aromatic heterocycles. The average Bonchev–Trinajstić information content (AvgIpc) is 3.29. The summed E-state index contributed by atoms with van der Waals surface area (Å²) < 4.78 is 16.6. The molecule has 0 aliphatic rings. The van der Waals surface area contributed by atoms with E-state index in [-0.39, 0.29) is 5.91 Å². The predicted octanol–water partition coefficient (Wildman–Crippen LogP) is 4.74. The number of carbonyl (C=O) groups is 1. The minimum Gasteiger partial charge on any atom is -0.496 e. The van der Waals surface area contributed by atoms with Crippen molar-refractivity contribution in [2.24, 2.45) is 0 Å². The van der Waals surface area contributed by atoms with E-state index in [1.807, 2.05) is 43.3 Å². The van der Waals surface area contributed by atoms with Gasteiger partial charge in [0, 0.05) is 36.9 Å². The Morgan fingerprint density at radius 2 is 1.76 bits per heavy atom. The van der Waals surface area contributed by atoms with Crippen LogP contribution < -0.4 is 14.2 Å². The van der Waals surface area contributed by atoms with Crippen LogP contribution in [0, 0.1) is 6.92 Å². The van der Waals surface area contributed by atoms with Gasteiger partial charge < -0.3 is 24.1 Å².